The van der Waals surface area contributed by atoms with Crippen molar-refractivity contribution in [2.75, 3.05) is 0 Å². The van der Waals surface area contributed by atoms with E-state index in [1.807, 2.05) is 5.43 Å². The number of rotatable bonds is 2. The number of nitrogens with zero attached hydrogens (tertiary/aromatic N) is 1. The molecule has 4 nitrogen and oxygen atoms in total. The van der Waals surface area contributed by atoms with Gasteiger partial charge in [-0.3, -0.25) is 0 Å². The summed E-state index contributed by atoms with van der Waals surface area (Å²) in [7, 11) is 0. The molecular formula is C5H6F2N2O2. The standard InChI is InChI=1S/C5H6F2N2O2/c6-4(7)2-1-3(5(10)11)9-8-2/h2,4,8H,1H2,(H,10,11). The lowest BCUT2D eigenvalue weighted by Gasteiger charge is -2.05. The number of hydrazone groups is 1. The third kappa shape index (κ3) is 1.63. The second-order valence-corrected chi connectivity index (χ2v) is 2.14. The zero-order valence-electron chi connectivity index (χ0n) is 5.42. The topological polar surface area (TPSA) is 61.7 Å². The molecule has 0 spiro atoms. The lowest BCUT2D eigenvalue weighted by molar-refractivity contribution is -0.129. The third-order valence-corrected chi connectivity index (χ3v) is 1.33. The molecule has 1 unspecified atom stereocenters. The van der Waals surface area contributed by atoms with Crippen LogP contribution in [-0.2, 0) is 4.79 Å². The van der Waals surface area contributed by atoms with Crippen LogP contribution in [0.2, 0.25) is 0 Å². The number of alkyl halides is 2. The SMILES string of the molecule is O=C(O)C1=NNC(C(F)F)C1. The van der Waals surface area contributed by atoms with E-state index in [1.165, 1.54) is 0 Å². The Morgan fingerprint density at radius 2 is 2.45 bits per heavy atom. The van der Waals surface area contributed by atoms with Crippen LogP contribution in [0.5, 0.6) is 0 Å². The van der Waals surface area contributed by atoms with Crippen molar-refractivity contribution in [3.63, 3.8) is 0 Å². The average molecular weight is 164 g/mol. The Balaban J connectivity index is 2.49. The predicted molar refractivity (Wildman–Crippen MR) is 32.6 cm³/mol. The summed E-state index contributed by atoms with van der Waals surface area (Å²) >= 11 is 0. The number of nitrogens with one attached hydrogen (secondary N) is 1. The number of hydrogen-bond acceptors (Lipinski definition) is 3. The maximum Gasteiger partial charge on any atom is 0.352 e. The molecule has 0 aromatic heterocycles. The highest BCUT2D eigenvalue weighted by Gasteiger charge is 2.29. The summed E-state index contributed by atoms with van der Waals surface area (Å²) in [6.45, 7) is 0. The smallest absolute Gasteiger partial charge is 0.352 e. The van der Waals surface area contributed by atoms with E-state index in [9.17, 15) is 13.6 Å². The minimum Gasteiger partial charge on any atom is -0.477 e. The fraction of sp³-hybridized carbons (Fsp3) is 0.600. The maximum atomic E-state index is 11.8. The van der Waals surface area contributed by atoms with Gasteiger partial charge in [0, 0.05) is 6.42 Å². The minimum atomic E-state index is -2.57. The fourth-order valence-corrected chi connectivity index (χ4v) is 0.741. The first-order valence-corrected chi connectivity index (χ1v) is 2.95. The lowest BCUT2D eigenvalue weighted by Crippen LogP contribution is -2.28. The van der Waals surface area contributed by atoms with Crippen molar-refractivity contribution in [1.82, 2.24) is 5.43 Å². The van der Waals surface area contributed by atoms with Gasteiger partial charge in [-0.2, -0.15) is 5.10 Å². The average Bonchev–Trinajstić information content (AvgIpc) is 2.33. The quantitative estimate of drug-likeness (QED) is 0.606. The minimum absolute atomic E-state index is 0.215. The number of halogens is 2. The maximum absolute atomic E-state index is 11.8. The van der Waals surface area contributed by atoms with E-state index in [1.54, 1.807) is 0 Å². The van der Waals surface area contributed by atoms with Crippen LogP contribution in [0.3, 0.4) is 0 Å². The number of carboxylic acid groups (broad SMARTS) is 1. The molecule has 2 N–H and O–H groups in total. The van der Waals surface area contributed by atoms with E-state index < -0.39 is 18.4 Å². The molecular weight excluding hydrogens is 158 g/mol. The van der Waals surface area contributed by atoms with Gasteiger partial charge in [0.2, 0.25) is 0 Å². The van der Waals surface area contributed by atoms with E-state index in [4.69, 9.17) is 5.11 Å². The van der Waals surface area contributed by atoms with Crippen molar-refractivity contribution in [1.29, 1.82) is 0 Å². The molecule has 0 fully saturated rings. The first kappa shape index (κ1) is 7.90. The second kappa shape index (κ2) is 2.81. The Labute approximate surface area is 60.9 Å². The van der Waals surface area contributed by atoms with Gasteiger partial charge in [-0.15, -0.1) is 0 Å². The number of hydrogen-bond donors (Lipinski definition) is 2. The molecule has 0 saturated heterocycles. The lowest BCUT2D eigenvalue weighted by atomic mass is 10.2. The van der Waals surface area contributed by atoms with Crippen LogP contribution in [0, 0.1) is 0 Å². The summed E-state index contributed by atoms with van der Waals surface area (Å²) < 4.78 is 23.7. The molecule has 0 bridgehead atoms. The van der Waals surface area contributed by atoms with Gasteiger partial charge in [-0.25, -0.2) is 13.6 Å². The molecule has 0 amide bonds. The highest BCUT2D eigenvalue weighted by atomic mass is 19.3. The molecule has 11 heavy (non-hydrogen) atoms. The highest BCUT2D eigenvalue weighted by Crippen LogP contribution is 2.11. The first-order chi connectivity index (χ1) is 5.11. The number of carbonyl (C=O) groups is 1. The molecule has 6 heteroatoms. The molecule has 1 atom stereocenters. The molecule has 1 rings (SSSR count). The molecule has 0 aromatic carbocycles. The Morgan fingerprint density at radius 3 is 2.73 bits per heavy atom. The van der Waals surface area contributed by atoms with Gasteiger partial charge in [0.1, 0.15) is 11.8 Å². The Kier molecular flexibility index (Phi) is 2.02. The van der Waals surface area contributed by atoms with Gasteiger partial charge in [-0.05, 0) is 0 Å². The Hall–Kier alpha value is -1.20. The second-order valence-electron chi connectivity index (χ2n) is 2.14. The van der Waals surface area contributed by atoms with Crippen LogP contribution in [0.15, 0.2) is 5.10 Å². The van der Waals surface area contributed by atoms with Crippen LogP contribution in [0.1, 0.15) is 6.42 Å². The summed E-state index contributed by atoms with van der Waals surface area (Å²) in [4.78, 5) is 10.2. The van der Waals surface area contributed by atoms with E-state index in [2.05, 4.69) is 5.10 Å². The number of carboxylic acids is 1. The molecule has 0 radical (unpaired) electrons. The van der Waals surface area contributed by atoms with Gasteiger partial charge in [-0.1, -0.05) is 0 Å². The predicted octanol–water partition coefficient (Wildman–Crippen LogP) is 0.0540. The summed E-state index contributed by atoms with van der Waals surface area (Å²) in [6.07, 6.45) is -2.79. The van der Waals surface area contributed by atoms with E-state index >= 15 is 0 Å². The zero-order chi connectivity index (χ0) is 8.43. The van der Waals surface area contributed by atoms with Gasteiger partial charge in [0.25, 0.3) is 6.43 Å². The Bertz CT molecular complexity index is 205. The Morgan fingerprint density at radius 1 is 1.82 bits per heavy atom. The fourth-order valence-electron chi connectivity index (χ4n) is 0.741. The summed E-state index contributed by atoms with van der Waals surface area (Å²) in [5.74, 6) is -1.25. The monoisotopic (exact) mass is 164 g/mol. The van der Waals surface area contributed by atoms with Crippen LogP contribution in [0.4, 0.5) is 8.78 Å². The van der Waals surface area contributed by atoms with Crippen molar-refractivity contribution in [3.8, 4) is 0 Å². The van der Waals surface area contributed by atoms with Gasteiger partial charge in [0.15, 0.2) is 0 Å². The molecule has 1 aliphatic heterocycles. The van der Waals surface area contributed by atoms with E-state index in [0.29, 0.717) is 0 Å². The first-order valence-electron chi connectivity index (χ1n) is 2.95. The molecule has 62 valence electrons. The molecule has 0 aliphatic carbocycles. The van der Waals surface area contributed by atoms with Crippen molar-refractivity contribution in [3.05, 3.63) is 0 Å². The van der Waals surface area contributed by atoms with Gasteiger partial charge >= 0.3 is 5.97 Å². The van der Waals surface area contributed by atoms with Crippen LogP contribution in [-0.4, -0.2) is 29.3 Å². The molecule has 0 saturated carbocycles. The van der Waals surface area contributed by atoms with Gasteiger partial charge in [0.05, 0.1) is 0 Å². The molecule has 1 aliphatic rings. The summed E-state index contributed by atoms with van der Waals surface area (Å²) in [6, 6.07) is -1.14. The normalized spacial score (nSPS) is 23.2. The van der Waals surface area contributed by atoms with Crippen LogP contribution in [0.25, 0.3) is 0 Å². The van der Waals surface area contributed by atoms with Crippen molar-refractivity contribution in [2.24, 2.45) is 5.10 Å². The van der Waals surface area contributed by atoms with Gasteiger partial charge < -0.3 is 10.5 Å². The summed E-state index contributed by atoms with van der Waals surface area (Å²) in [5, 5.41) is 11.5. The van der Waals surface area contributed by atoms with E-state index in [-0.39, 0.29) is 12.1 Å². The zero-order valence-corrected chi connectivity index (χ0v) is 5.42. The van der Waals surface area contributed by atoms with Crippen molar-refractivity contribution in [2.45, 2.75) is 18.9 Å². The van der Waals surface area contributed by atoms with Crippen LogP contribution < -0.4 is 5.43 Å². The highest BCUT2D eigenvalue weighted by molar-refractivity contribution is 6.36. The largest absolute Gasteiger partial charge is 0.477 e. The third-order valence-electron chi connectivity index (χ3n) is 1.33. The summed E-state index contributed by atoms with van der Waals surface area (Å²) in [5.41, 5.74) is 1.80. The molecule has 0 aromatic rings. The van der Waals surface area contributed by atoms with Crippen molar-refractivity contribution >= 4 is 11.7 Å². The number of aliphatic carboxylic acids is 1. The van der Waals surface area contributed by atoms with Crippen molar-refractivity contribution < 1.29 is 18.7 Å². The van der Waals surface area contributed by atoms with Crippen LogP contribution >= 0.6 is 0 Å². The molecule has 1 heterocycles. The van der Waals surface area contributed by atoms with E-state index in [0.717, 1.165) is 0 Å².